The normalized spacial score (nSPS) is 13.7. The van der Waals surface area contributed by atoms with Crippen LogP contribution in [-0.4, -0.2) is 20.9 Å². The van der Waals surface area contributed by atoms with Gasteiger partial charge in [-0.2, -0.15) is 0 Å². The molecule has 126 valence electrons. The third kappa shape index (κ3) is 3.12. The molecule has 1 N–H and O–H groups in total. The highest BCUT2D eigenvalue weighted by atomic mass is 35.5. The summed E-state index contributed by atoms with van der Waals surface area (Å²) in [5.74, 6) is -0.0199. The Balaban J connectivity index is 1.90. The Morgan fingerprint density at radius 2 is 1.96 bits per heavy atom. The third-order valence-electron chi connectivity index (χ3n) is 3.98. The largest absolute Gasteiger partial charge is 0.312 e. The number of carbonyl (C=O) groups excluding carboxylic acids is 1. The number of anilines is 2. The summed E-state index contributed by atoms with van der Waals surface area (Å²) in [7, 11) is -3.77. The van der Waals surface area contributed by atoms with E-state index >= 15 is 0 Å². The number of sulfonamides is 1. The Labute approximate surface area is 146 Å². The average Bonchev–Trinajstić information content (AvgIpc) is 2.89. The van der Waals surface area contributed by atoms with Crippen LogP contribution in [0.25, 0.3) is 0 Å². The third-order valence-corrected chi connectivity index (χ3v) is 5.85. The second-order valence-electron chi connectivity index (χ2n) is 5.80. The van der Waals surface area contributed by atoms with Crippen LogP contribution in [0.2, 0.25) is 5.02 Å². The van der Waals surface area contributed by atoms with Crippen LogP contribution in [0.5, 0.6) is 0 Å². The quantitative estimate of drug-likeness (QED) is 0.908. The molecule has 1 amide bonds. The molecular weight excluding hydrogens is 348 g/mol. The zero-order valence-electron chi connectivity index (χ0n) is 13.3. The fourth-order valence-corrected chi connectivity index (χ4v) is 4.48. The van der Waals surface area contributed by atoms with Crippen LogP contribution in [-0.2, 0) is 21.2 Å². The second-order valence-corrected chi connectivity index (χ2v) is 7.86. The minimum Gasteiger partial charge on any atom is -0.312 e. The number of benzene rings is 2. The predicted octanol–water partition coefficient (Wildman–Crippen LogP) is 3.36. The van der Waals surface area contributed by atoms with E-state index in [1.807, 2.05) is 6.92 Å². The lowest BCUT2D eigenvalue weighted by Gasteiger charge is -2.15. The van der Waals surface area contributed by atoms with Crippen LogP contribution in [0.4, 0.5) is 11.4 Å². The van der Waals surface area contributed by atoms with Crippen molar-refractivity contribution in [2.75, 3.05) is 16.2 Å². The number of aryl methyl sites for hydroxylation is 1. The van der Waals surface area contributed by atoms with Crippen molar-refractivity contribution >= 4 is 38.9 Å². The molecule has 3 rings (SSSR count). The Morgan fingerprint density at radius 3 is 2.62 bits per heavy atom. The van der Waals surface area contributed by atoms with Gasteiger partial charge in [0.15, 0.2) is 0 Å². The van der Waals surface area contributed by atoms with Crippen molar-refractivity contribution in [2.24, 2.45) is 0 Å². The molecule has 2 aromatic carbocycles. The summed E-state index contributed by atoms with van der Waals surface area (Å²) in [4.78, 5) is 13.3. The summed E-state index contributed by atoms with van der Waals surface area (Å²) in [5.41, 5.74) is 3.12. The van der Waals surface area contributed by atoms with E-state index in [0.29, 0.717) is 18.7 Å². The number of fused-ring (bicyclic) bond motifs is 1. The molecule has 2 aromatic rings. The number of hydrogen-bond acceptors (Lipinski definition) is 3. The van der Waals surface area contributed by atoms with Crippen molar-refractivity contribution in [3.8, 4) is 0 Å². The number of carbonyl (C=O) groups is 1. The first kappa shape index (κ1) is 16.8. The van der Waals surface area contributed by atoms with Gasteiger partial charge in [0, 0.05) is 24.8 Å². The number of hydrogen-bond donors (Lipinski definition) is 1. The Hall–Kier alpha value is -2.05. The number of amides is 1. The van der Waals surface area contributed by atoms with Crippen LogP contribution < -0.4 is 9.62 Å². The molecule has 0 unspecified atom stereocenters. The fourth-order valence-electron chi connectivity index (χ4n) is 2.83. The maximum absolute atomic E-state index is 12.5. The number of nitrogens with one attached hydrogen (secondary N) is 1. The maximum Gasteiger partial charge on any atom is 0.263 e. The van der Waals surface area contributed by atoms with Gasteiger partial charge in [0.1, 0.15) is 4.90 Å². The van der Waals surface area contributed by atoms with E-state index in [-0.39, 0.29) is 15.8 Å². The molecule has 0 saturated carbocycles. The van der Waals surface area contributed by atoms with Crippen LogP contribution in [0.15, 0.2) is 41.3 Å². The van der Waals surface area contributed by atoms with Gasteiger partial charge in [-0.1, -0.05) is 17.7 Å². The molecule has 0 aliphatic carbocycles. The summed E-state index contributed by atoms with van der Waals surface area (Å²) < 4.78 is 27.6. The lowest BCUT2D eigenvalue weighted by atomic mass is 10.1. The molecule has 24 heavy (non-hydrogen) atoms. The molecule has 0 saturated heterocycles. The van der Waals surface area contributed by atoms with E-state index in [2.05, 4.69) is 4.72 Å². The Morgan fingerprint density at radius 1 is 1.21 bits per heavy atom. The van der Waals surface area contributed by atoms with Gasteiger partial charge in [0.05, 0.1) is 5.02 Å². The van der Waals surface area contributed by atoms with E-state index < -0.39 is 10.0 Å². The molecule has 0 spiro atoms. The van der Waals surface area contributed by atoms with Gasteiger partial charge in [-0.05, 0) is 54.8 Å². The lowest BCUT2D eigenvalue weighted by molar-refractivity contribution is -0.116. The van der Waals surface area contributed by atoms with Crippen molar-refractivity contribution < 1.29 is 13.2 Å². The summed E-state index contributed by atoms with van der Waals surface area (Å²) in [6.45, 7) is 3.98. The minimum atomic E-state index is -3.77. The number of halogens is 1. The van der Waals surface area contributed by atoms with Gasteiger partial charge in [-0.15, -0.1) is 0 Å². The molecule has 0 atom stereocenters. The zero-order chi connectivity index (χ0) is 17.5. The molecule has 0 aromatic heterocycles. The molecule has 1 heterocycles. The first-order chi connectivity index (χ1) is 11.3. The molecule has 0 fully saturated rings. The van der Waals surface area contributed by atoms with Crippen molar-refractivity contribution in [1.82, 2.24) is 0 Å². The molecule has 0 bridgehead atoms. The predicted molar refractivity (Wildman–Crippen MR) is 95.2 cm³/mol. The van der Waals surface area contributed by atoms with E-state index in [0.717, 1.165) is 16.8 Å². The Kier molecular flexibility index (Phi) is 4.27. The van der Waals surface area contributed by atoms with Gasteiger partial charge in [0.25, 0.3) is 10.0 Å². The van der Waals surface area contributed by atoms with E-state index in [9.17, 15) is 13.2 Å². The molecule has 1 aliphatic heterocycles. The van der Waals surface area contributed by atoms with Crippen LogP contribution in [0.3, 0.4) is 0 Å². The van der Waals surface area contributed by atoms with Gasteiger partial charge in [-0.25, -0.2) is 8.42 Å². The van der Waals surface area contributed by atoms with Crippen LogP contribution in [0, 0.1) is 6.92 Å². The average molecular weight is 365 g/mol. The van der Waals surface area contributed by atoms with Gasteiger partial charge >= 0.3 is 0 Å². The zero-order valence-corrected chi connectivity index (χ0v) is 14.9. The summed E-state index contributed by atoms with van der Waals surface area (Å²) in [5, 5.41) is 0.186. The van der Waals surface area contributed by atoms with Crippen LogP contribution >= 0.6 is 11.6 Å². The highest BCUT2D eigenvalue weighted by Crippen LogP contribution is 2.32. The number of rotatable bonds is 3. The van der Waals surface area contributed by atoms with E-state index in [1.165, 1.54) is 13.0 Å². The lowest BCUT2D eigenvalue weighted by Crippen LogP contribution is -2.25. The molecule has 1 aliphatic rings. The monoisotopic (exact) mass is 364 g/mol. The highest BCUT2D eigenvalue weighted by Gasteiger charge is 2.23. The number of nitrogens with zero attached hydrogens (tertiary/aromatic N) is 1. The van der Waals surface area contributed by atoms with Gasteiger partial charge < -0.3 is 4.90 Å². The summed E-state index contributed by atoms with van der Waals surface area (Å²) in [6.07, 6.45) is 0.704. The molecule has 7 heteroatoms. The van der Waals surface area contributed by atoms with Crippen molar-refractivity contribution in [3.63, 3.8) is 0 Å². The van der Waals surface area contributed by atoms with E-state index in [1.54, 1.807) is 35.2 Å². The minimum absolute atomic E-state index is 0.0199. The second kappa shape index (κ2) is 6.11. The Bertz CT molecular complexity index is 925. The maximum atomic E-state index is 12.5. The summed E-state index contributed by atoms with van der Waals surface area (Å²) >= 11 is 6.06. The fraction of sp³-hybridized carbons (Fsp3) is 0.235. The van der Waals surface area contributed by atoms with Crippen molar-refractivity contribution in [2.45, 2.75) is 25.2 Å². The van der Waals surface area contributed by atoms with Gasteiger partial charge in [-0.3, -0.25) is 9.52 Å². The SMILES string of the molecule is CC(=O)N1CCc2cc(NS(=O)(=O)c3ccc(C)cc3Cl)ccc21. The van der Waals surface area contributed by atoms with Crippen molar-refractivity contribution in [1.29, 1.82) is 0 Å². The van der Waals surface area contributed by atoms with Gasteiger partial charge in [0.2, 0.25) is 5.91 Å². The molecular formula is C17H17ClN2O3S. The van der Waals surface area contributed by atoms with E-state index in [4.69, 9.17) is 11.6 Å². The molecule has 0 radical (unpaired) electrons. The standard InChI is InChI=1S/C17H17ClN2O3S/c1-11-3-6-17(15(18)9-11)24(22,23)19-14-4-5-16-13(10-14)7-8-20(16)12(2)21/h3-6,9-10,19H,7-8H2,1-2H3. The first-order valence-corrected chi connectivity index (χ1v) is 9.34. The smallest absolute Gasteiger partial charge is 0.263 e. The molecule has 5 nitrogen and oxygen atoms in total. The van der Waals surface area contributed by atoms with Crippen LogP contribution in [0.1, 0.15) is 18.1 Å². The summed E-state index contributed by atoms with van der Waals surface area (Å²) in [6, 6.07) is 9.98. The first-order valence-electron chi connectivity index (χ1n) is 7.48. The topological polar surface area (TPSA) is 66.5 Å². The highest BCUT2D eigenvalue weighted by molar-refractivity contribution is 7.92. The van der Waals surface area contributed by atoms with Crippen molar-refractivity contribution in [3.05, 3.63) is 52.5 Å².